The monoisotopic (exact) mass is 376 g/mol. The van der Waals surface area contributed by atoms with E-state index in [0.717, 1.165) is 16.8 Å². The summed E-state index contributed by atoms with van der Waals surface area (Å²) in [6.45, 7) is 3.88. The maximum Gasteiger partial charge on any atom is 0.234 e. The fourth-order valence-corrected chi connectivity index (χ4v) is 3.03. The van der Waals surface area contributed by atoms with Crippen LogP contribution in [0.2, 0.25) is 5.02 Å². The first-order valence-corrected chi connectivity index (χ1v) is 9.46. The molecule has 0 heterocycles. The molecule has 4 nitrogen and oxygen atoms in total. The fraction of sp³-hybridized carbons (Fsp3) is 0.263. The lowest BCUT2D eigenvalue weighted by molar-refractivity contribution is -0.119. The molecule has 1 atom stereocenters. The molecule has 25 heavy (non-hydrogen) atoms. The first-order valence-electron chi connectivity index (χ1n) is 7.93. The van der Waals surface area contributed by atoms with Crippen LogP contribution in [0, 0.1) is 6.92 Å². The zero-order valence-electron chi connectivity index (χ0n) is 14.2. The van der Waals surface area contributed by atoms with Crippen molar-refractivity contribution in [3.8, 4) is 0 Å². The van der Waals surface area contributed by atoms with Crippen LogP contribution in [0.15, 0.2) is 48.5 Å². The molecule has 0 saturated heterocycles. The summed E-state index contributed by atoms with van der Waals surface area (Å²) in [7, 11) is 0. The smallest absolute Gasteiger partial charge is 0.234 e. The van der Waals surface area contributed by atoms with E-state index in [0.29, 0.717) is 5.02 Å². The number of hydrogen-bond donors (Lipinski definition) is 2. The first-order chi connectivity index (χ1) is 11.9. The summed E-state index contributed by atoms with van der Waals surface area (Å²) in [4.78, 5) is 23.9. The minimum atomic E-state index is -0.117. The van der Waals surface area contributed by atoms with Crippen molar-refractivity contribution in [2.75, 3.05) is 16.8 Å². The van der Waals surface area contributed by atoms with Gasteiger partial charge in [-0.25, -0.2) is 0 Å². The average molecular weight is 377 g/mol. The average Bonchev–Trinajstić information content (AvgIpc) is 2.55. The molecule has 0 unspecified atom stereocenters. The predicted molar refractivity (Wildman–Crippen MR) is 105 cm³/mol. The van der Waals surface area contributed by atoms with Gasteiger partial charge in [-0.1, -0.05) is 35.9 Å². The fourth-order valence-electron chi connectivity index (χ4n) is 2.27. The third-order valence-corrected chi connectivity index (χ3v) is 4.70. The molecule has 6 heteroatoms. The van der Waals surface area contributed by atoms with Crippen LogP contribution in [0.4, 0.5) is 5.69 Å². The van der Waals surface area contributed by atoms with Gasteiger partial charge in [0.15, 0.2) is 0 Å². The van der Waals surface area contributed by atoms with Gasteiger partial charge in [0.2, 0.25) is 11.8 Å². The van der Waals surface area contributed by atoms with Gasteiger partial charge in [0.05, 0.1) is 17.5 Å². The Balaban J connectivity index is 1.71. The number of hydrogen-bond acceptors (Lipinski definition) is 3. The zero-order valence-corrected chi connectivity index (χ0v) is 15.8. The van der Waals surface area contributed by atoms with Crippen LogP contribution in [0.1, 0.15) is 24.1 Å². The van der Waals surface area contributed by atoms with E-state index >= 15 is 0 Å². The van der Waals surface area contributed by atoms with Gasteiger partial charge in [0, 0.05) is 10.7 Å². The normalized spacial score (nSPS) is 11.6. The molecule has 0 bridgehead atoms. The lowest BCUT2D eigenvalue weighted by Gasteiger charge is -2.14. The Hall–Kier alpha value is -1.98. The molecule has 2 amide bonds. The first kappa shape index (κ1) is 19.3. The number of benzene rings is 2. The van der Waals surface area contributed by atoms with Gasteiger partial charge in [0.1, 0.15) is 0 Å². The van der Waals surface area contributed by atoms with E-state index < -0.39 is 0 Å². The number of aryl methyl sites for hydroxylation is 1. The number of carbonyl (C=O) groups excluding carboxylic acids is 2. The number of nitrogens with one attached hydrogen (secondary N) is 2. The van der Waals surface area contributed by atoms with Crippen molar-refractivity contribution < 1.29 is 9.59 Å². The van der Waals surface area contributed by atoms with E-state index in [2.05, 4.69) is 10.6 Å². The van der Waals surface area contributed by atoms with E-state index in [1.165, 1.54) is 11.8 Å². The Kier molecular flexibility index (Phi) is 7.34. The number of carbonyl (C=O) groups is 2. The number of rotatable bonds is 7. The van der Waals surface area contributed by atoms with E-state index in [4.69, 9.17) is 11.6 Å². The lowest BCUT2D eigenvalue weighted by atomic mass is 10.1. The summed E-state index contributed by atoms with van der Waals surface area (Å²) < 4.78 is 0. The molecule has 2 aromatic carbocycles. The van der Waals surface area contributed by atoms with Crippen LogP contribution in [0.3, 0.4) is 0 Å². The number of amides is 2. The van der Waals surface area contributed by atoms with E-state index in [9.17, 15) is 9.59 Å². The van der Waals surface area contributed by atoms with Crippen LogP contribution in [0.5, 0.6) is 0 Å². The van der Waals surface area contributed by atoms with E-state index in [1.807, 2.05) is 50.2 Å². The van der Waals surface area contributed by atoms with Crippen molar-refractivity contribution in [2.45, 2.75) is 19.9 Å². The summed E-state index contributed by atoms with van der Waals surface area (Å²) in [5.41, 5.74) is 2.84. The predicted octanol–water partition coefficient (Wildman–Crippen LogP) is 4.20. The second kappa shape index (κ2) is 9.49. The van der Waals surface area contributed by atoms with Gasteiger partial charge in [-0.15, -0.1) is 11.8 Å². The molecular weight excluding hydrogens is 356 g/mol. The van der Waals surface area contributed by atoms with Gasteiger partial charge in [-0.05, 0) is 49.2 Å². The van der Waals surface area contributed by atoms with E-state index in [-0.39, 0.29) is 29.4 Å². The molecule has 2 rings (SSSR count). The SMILES string of the molecule is Cc1cccc(NC(=O)CSCC(=O)N[C@H](C)c2ccc(Cl)cc2)c1. The molecule has 0 aliphatic heterocycles. The Morgan fingerprint density at radius 2 is 1.76 bits per heavy atom. The molecule has 132 valence electrons. The highest BCUT2D eigenvalue weighted by atomic mass is 35.5. The Morgan fingerprint density at radius 3 is 2.44 bits per heavy atom. The van der Waals surface area contributed by atoms with Gasteiger partial charge in [0.25, 0.3) is 0 Å². The molecule has 2 N–H and O–H groups in total. The van der Waals surface area contributed by atoms with Crippen molar-refractivity contribution in [3.63, 3.8) is 0 Å². The lowest BCUT2D eigenvalue weighted by Crippen LogP contribution is -2.28. The van der Waals surface area contributed by atoms with Crippen molar-refractivity contribution in [1.29, 1.82) is 0 Å². The summed E-state index contributed by atoms with van der Waals surface area (Å²) >= 11 is 7.15. The topological polar surface area (TPSA) is 58.2 Å². The molecule has 0 aliphatic carbocycles. The Labute approximate surface area is 157 Å². The summed E-state index contributed by atoms with van der Waals surface area (Å²) in [6, 6.07) is 14.9. The second-order valence-electron chi connectivity index (χ2n) is 5.75. The van der Waals surface area contributed by atoms with Gasteiger partial charge in [-0.3, -0.25) is 9.59 Å². The highest BCUT2D eigenvalue weighted by Gasteiger charge is 2.11. The van der Waals surface area contributed by atoms with Crippen LogP contribution >= 0.6 is 23.4 Å². The molecule has 0 spiro atoms. The van der Waals surface area contributed by atoms with Crippen LogP contribution in [0.25, 0.3) is 0 Å². The third-order valence-electron chi connectivity index (χ3n) is 3.52. The molecule has 0 aliphatic rings. The zero-order chi connectivity index (χ0) is 18.2. The minimum absolute atomic E-state index is 0.101. The highest BCUT2D eigenvalue weighted by molar-refractivity contribution is 8.00. The van der Waals surface area contributed by atoms with Crippen molar-refractivity contribution in [1.82, 2.24) is 5.32 Å². The largest absolute Gasteiger partial charge is 0.349 e. The van der Waals surface area contributed by atoms with Crippen molar-refractivity contribution >= 4 is 40.9 Å². The number of anilines is 1. The summed E-state index contributed by atoms with van der Waals surface area (Å²) in [6.07, 6.45) is 0. The van der Waals surface area contributed by atoms with Crippen LogP contribution in [-0.4, -0.2) is 23.3 Å². The van der Waals surface area contributed by atoms with Gasteiger partial charge >= 0.3 is 0 Å². The quantitative estimate of drug-likeness (QED) is 0.761. The Morgan fingerprint density at radius 1 is 1.08 bits per heavy atom. The molecule has 0 fully saturated rings. The molecule has 0 saturated carbocycles. The number of thioether (sulfide) groups is 1. The van der Waals surface area contributed by atoms with Gasteiger partial charge < -0.3 is 10.6 Å². The molecular formula is C19H21ClN2O2S. The van der Waals surface area contributed by atoms with Crippen LogP contribution in [-0.2, 0) is 9.59 Å². The summed E-state index contributed by atoms with van der Waals surface area (Å²) in [5, 5.41) is 6.40. The standard InChI is InChI=1S/C19H21ClN2O2S/c1-13-4-3-5-17(10-13)22-19(24)12-25-11-18(23)21-14(2)15-6-8-16(20)9-7-15/h3-10,14H,11-12H2,1-2H3,(H,21,23)(H,22,24)/t14-/m1/s1. The minimum Gasteiger partial charge on any atom is -0.349 e. The number of halogens is 1. The maximum atomic E-state index is 12.0. The molecule has 0 radical (unpaired) electrons. The second-order valence-corrected chi connectivity index (χ2v) is 7.17. The summed E-state index contributed by atoms with van der Waals surface area (Å²) in [5.74, 6) is 0.250. The molecule has 2 aromatic rings. The van der Waals surface area contributed by atoms with Crippen molar-refractivity contribution in [3.05, 3.63) is 64.7 Å². The third kappa shape index (κ3) is 6.80. The van der Waals surface area contributed by atoms with Crippen molar-refractivity contribution in [2.24, 2.45) is 0 Å². The Bertz CT molecular complexity index is 734. The van der Waals surface area contributed by atoms with Crippen LogP contribution < -0.4 is 10.6 Å². The highest BCUT2D eigenvalue weighted by Crippen LogP contribution is 2.16. The van der Waals surface area contributed by atoms with E-state index in [1.54, 1.807) is 12.1 Å². The molecule has 0 aromatic heterocycles. The maximum absolute atomic E-state index is 12.0. The van der Waals surface area contributed by atoms with Gasteiger partial charge in [-0.2, -0.15) is 0 Å².